The summed E-state index contributed by atoms with van der Waals surface area (Å²) in [5.74, 6) is 0.464. The number of carbonyl (C=O) groups excluding carboxylic acids is 1. The second-order valence-corrected chi connectivity index (χ2v) is 10.9. The number of nitrogens with zero attached hydrogens (tertiary/aromatic N) is 5. The van der Waals surface area contributed by atoms with Crippen LogP contribution in [-0.4, -0.2) is 76.6 Å². The monoisotopic (exact) mass is 484 g/mol. The van der Waals surface area contributed by atoms with E-state index in [1.165, 1.54) is 11.3 Å². The first kappa shape index (κ1) is 23.1. The fraction of sp³-hybridized carbons (Fsp3) is 0.542. The lowest BCUT2D eigenvalue weighted by molar-refractivity contribution is -0.187. The zero-order valence-electron chi connectivity index (χ0n) is 20.2. The molecule has 1 aromatic carbocycles. The van der Waals surface area contributed by atoms with Gasteiger partial charge in [0.15, 0.2) is 11.6 Å². The molecular weight excluding hydrogens is 452 g/mol. The van der Waals surface area contributed by atoms with Gasteiger partial charge in [-0.05, 0) is 20.8 Å². The molecule has 0 aliphatic carbocycles. The van der Waals surface area contributed by atoms with Crippen LogP contribution in [0, 0.1) is 0 Å². The number of hydrogen-bond donors (Lipinski definition) is 1. The Hall–Kier alpha value is -2.69. The van der Waals surface area contributed by atoms with E-state index in [4.69, 9.17) is 19.6 Å². The molecule has 2 aliphatic rings. The number of imidazole rings is 1. The molecule has 2 fully saturated rings. The van der Waals surface area contributed by atoms with E-state index in [9.17, 15) is 4.79 Å². The van der Waals surface area contributed by atoms with Crippen molar-refractivity contribution in [3.05, 3.63) is 30.3 Å². The number of rotatable bonds is 5. The molecule has 2 saturated heterocycles. The van der Waals surface area contributed by atoms with E-state index < -0.39 is 5.79 Å². The number of carbonyl (C=O) groups is 1. The number of nitrogens with one attached hydrogen (secondary N) is 1. The number of aromatic nitrogens is 3. The molecule has 2 aromatic heterocycles. The third-order valence-electron chi connectivity index (χ3n) is 6.12. The number of amides is 1. The first-order valence-electron chi connectivity index (χ1n) is 11.7. The average Bonchev–Trinajstić information content (AvgIpc) is 3.50. The molecule has 0 atom stereocenters. The first-order chi connectivity index (χ1) is 16.2. The van der Waals surface area contributed by atoms with Crippen LogP contribution < -0.4 is 10.2 Å². The smallest absolute Gasteiger partial charge is 0.242 e. The van der Waals surface area contributed by atoms with Crippen molar-refractivity contribution in [3.63, 3.8) is 0 Å². The maximum Gasteiger partial charge on any atom is 0.242 e. The number of likely N-dealkylation sites (N-methyl/N-ethyl adjacent to an activating group) is 1. The van der Waals surface area contributed by atoms with Gasteiger partial charge in [-0.3, -0.25) is 4.79 Å². The van der Waals surface area contributed by atoms with E-state index in [2.05, 4.69) is 38.2 Å². The lowest BCUT2D eigenvalue weighted by Gasteiger charge is -2.38. The van der Waals surface area contributed by atoms with E-state index in [1.54, 1.807) is 0 Å². The summed E-state index contributed by atoms with van der Waals surface area (Å²) in [4.78, 5) is 22.4. The van der Waals surface area contributed by atoms with Crippen LogP contribution in [-0.2, 0) is 14.3 Å². The number of hydrogen-bond acceptors (Lipinski definition) is 8. The molecule has 1 N–H and O–H groups in total. The normalized spacial score (nSPS) is 18.1. The van der Waals surface area contributed by atoms with Gasteiger partial charge >= 0.3 is 0 Å². The van der Waals surface area contributed by atoms with Crippen LogP contribution in [0.1, 0.15) is 33.6 Å². The molecule has 4 heterocycles. The highest BCUT2D eigenvalue weighted by Gasteiger charge is 2.40. The number of ether oxygens (including phenoxy) is 2. The third kappa shape index (κ3) is 4.62. The van der Waals surface area contributed by atoms with Gasteiger partial charge in [-0.1, -0.05) is 41.7 Å². The van der Waals surface area contributed by atoms with E-state index >= 15 is 0 Å². The number of piperidine rings is 1. The van der Waals surface area contributed by atoms with Crippen molar-refractivity contribution in [1.82, 2.24) is 19.5 Å². The zero-order chi connectivity index (χ0) is 23.9. The highest BCUT2D eigenvalue weighted by Crippen LogP contribution is 2.35. The van der Waals surface area contributed by atoms with Crippen molar-refractivity contribution in [2.45, 2.75) is 44.9 Å². The average molecular weight is 485 g/mol. The van der Waals surface area contributed by atoms with Gasteiger partial charge in [0.1, 0.15) is 5.69 Å². The van der Waals surface area contributed by atoms with Crippen LogP contribution in [0.5, 0.6) is 0 Å². The highest BCUT2D eigenvalue weighted by molar-refractivity contribution is 7.20. The Morgan fingerprint density at radius 1 is 1.18 bits per heavy atom. The Morgan fingerprint density at radius 2 is 1.85 bits per heavy atom. The molecule has 0 unspecified atom stereocenters. The van der Waals surface area contributed by atoms with Crippen molar-refractivity contribution in [2.24, 2.45) is 0 Å². The van der Waals surface area contributed by atoms with Crippen molar-refractivity contribution in [3.8, 4) is 11.3 Å². The molecule has 1 amide bonds. The van der Waals surface area contributed by atoms with Crippen molar-refractivity contribution in [2.75, 3.05) is 50.1 Å². The maximum atomic E-state index is 13.0. The summed E-state index contributed by atoms with van der Waals surface area (Å²) in [7, 11) is 1.90. The van der Waals surface area contributed by atoms with Crippen LogP contribution >= 0.6 is 11.3 Å². The highest BCUT2D eigenvalue weighted by atomic mass is 32.1. The van der Waals surface area contributed by atoms with Crippen LogP contribution in [0.3, 0.4) is 0 Å². The van der Waals surface area contributed by atoms with Crippen LogP contribution in [0.25, 0.3) is 16.2 Å². The second kappa shape index (κ2) is 8.83. The van der Waals surface area contributed by atoms with Gasteiger partial charge in [0.25, 0.3) is 0 Å². The van der Waals surface area contributed by atoms with E-state index in [0.717, 1.165) is 40.0 Å². The molecule has 34 heavy (non-hydrogen) atoms. The van der Waals surface area contributed by atoms with E-state index in [1.807, 2.05) is 39.6 Å². The Balaban J connectivity index is 1.33. The lowest BCUT2D eigenvalue weighted by Crippen LogP contribution is -2.49. The third-order valence-corrected chi connectivity index (χ3v) is 7.15. The summed E-state index contributed by atoms with van der Waals surface area (Å²) in [6.07, 6.45) is 1.44. The Bertz CT molecular complexity index is 1150. The van der Waals surface area contributed by atoms with Crippen LogP contribution in [0.15, 0.2) is 30.3 Å². The Morgan fingerprint density at radius 3 is 2.50 bits per heavy atom. The lowest BCUT2D eigenvalue weighted by atomic mass is 10.0. The van der Waals surface area contributed by atoms with Crippen molar-refractivity contribution < 1.29 is 14.3 Å². The molecule has 0 bridgehead atoms. The topological polar surface area (TPSA) is 84.2 Å². The first-order valence-corrected chi connectivity index (χ1v) is 12.5. The fourth-order valence-corrected chi connectivity index (χ4v) is 5.27. The van der Waals surface area contributed by atoms with Gasteiger partial charge in [-0.25, -0.2) is 4.98 Å². The molecule has 182 valence electrons. The fourth-order valence-electron chi connectivity index (χ4n) is 4.41. The van der Waals surface area contributed by atoms with E-state index in [0.29, 0.717) is 26.3 Å². The largest absolute Gasteiger partial charge is 0.364 e. The number of fused-ring (bicyclic) bond motifs is 1. The summed E-state index contributed by atoms with van der Waals surface area (Å²) in [6, 6.07) is 10.1. The van der Waals surface area contributed by atoms with Gasteiger partial charge < -0.3 is 24.6 Å². The summed E-state index contributed by atoms with van der Waals surface area (Å²) < 4.78 is 13.4. The summed E-state index contributed by atoms with van der Waals surface area (Å²) in [6.45, 7) is 9.18. The predicted octanol–water partition coefficient (Wildman–Crippen LogP) is 3.47. The minimum Gasteiger partial charge on any atom is -0.364 e. The van der Waals surface area contributed by atoms with Crippen molar-refractivity contribution >= 4 is 33.2 Å². The molecule has 2 aliphatic heterocycles. The molecular formula is C24H32N6O3S. The Kier molecular flexibility index (Phi) is 5.99. The van der Waals surface area contributed by atoms with Crippen LogP contribution in [0.2, 0.25) is 0 Å². The van der Waals surface area contributed by atoms with Gasteiger partial charge in [0, 0.05) is 44.1 Å². The number of anilines is 2. The molecule has 9 nitrogen and oxygen atoms in total. The van der Waals surface area contributed by atoms with Gasteiger partial charge in [0.05, 0.1) is 19.8 Å². The van der Waals surface area contributed by atoms with Crippen LogP contribution in [0.4, 0.5) is 10.9 Å². The minimum atomic E-state index is -0.476. The predicted molar refractivity (Wildman–Crippen MR) is 133 cm³/mol. The second-order valence-electron chi connectivity index (χ2n) is 9.97. The number of likely N-dealkylation sites (tertiary alicyclic amines) is 1. The van der Waals surface area contributed by atoms with Gasteiger partial charge in [0.2, 0.25) is 16.0 Å². The molecule has 1 spiro atoms. The Labute approximate surface area is 203 Å². The molecule has 0 saturated carbocycles. The quantitative estimate of drug-likeness (QED) is 0.594. The summed E-state index contributed by atoms with van der Waals surface area (Å²) >= 11 is 1.48. The molecule has 10 heteroatoms. The summed E-state index contributed by atoms with van der Waals surface area (Å²) in [5, 5.41) is 9.14. The molecule has 3 aromatic rings. The van der Waals surface area contributed by atoms with Gasteiger partial charge in [-0.15, -0.1) is 5.10 Å². The minimum absolute atomic E-state index is 0.0844. The van der Waals surface area contributed by atoms with E-state index in [-0.39, 0.29) is 18.0 Å². The zero-order valence-corrected chi connectivity index (χ0v) is 21.0. The standard InChI is InChI=1S/C24H32N6O3S/c1-23(2,3)26-20-19(17-8-6-5-7-9-17)25-21-30(20)27-22(34-21)28(4)16-18(31)29-12-10-24(11-13-29)32-14-15-33-24/h5-9,26H,10-16H2,1-4H3. The van der Waals surface area contributed by atoms with Crippen molar-refractivity contribution in [1.29, 1.82) is 0 Å². The number of benzene rings is 1. The SMILES string of the molecule is CN(CC(=O)N1CCC2(CC1)OCCO2)c1nn2c(NC(C)(C)C)c(-c3ccccc3)nc2s1. The molecule has 5 rings (SSSR count). The van der Waals surface area contributed by atoms with Gasteiger partial charge in [-0.2, -0.15) is 4.52 Å². The summed E-state index contributed by atoms with van der Waals surface area (Å²) in [5.41, 5.74) is 1.75. The maximum absolute atomic E-state index is 13.0. The molecule has 0 radical (unpaired) electrons.